The minimum absolute atomic E-state index is 0.164. The van der Waals surface area contributed by atoms with Crippen molar-refractivity contribution in [2.75, 3.05) is 7.11 Å². The number of fused-ring (bicyclic) bond motifs is 1. The molecule has 4 rings (SSSR count). The molecule has 25 heavy (non-hydrogen) atoms. The lowest BCUT2D eigenvalue weighted by Crippen LogP contribution is -2.23. The Labute approximate surface area is 151 Å². The van der Waals surface area contributed by atoms with Gasteiger partial charge in [0.25, 0.3) is 5.56 Å². The maximum atomic E-state index is 12.8. The highest BCUT2D eigenvalue weighted by Crippen LogP contribution is 2.26. The first kappa shape index (κ1) is 15.8. The summed E-state index contributed by atoms with van der Waals surface area (Å²) in [5.74, 6) is 1.19. The fraction of sp³-hybridized carbons (Fsp3) is 0.0556. The molecule has 0 amide bonds. The fourth-order valence-corrected chi connectivity index (χ4v) is 3.70. The summed E-state index contributed by atoms with van der Waals surface area (Å²) in [6.07, 6.45) is 1.82. The Hall–Kier alpha value is -2.70. The molecule has 2 aromatic carbocycles. The Morgan fingerprint density at radius 1 is 1.16 bits per heavy atom. The zero-order valence-corrected chi connectivity index (χ0v) is 14.7. The molecule has 0 N–H and O–H groups in total. The van der Waals surface area contributed by atoms with Gasteiger partial charge in [-0.1, -0.05) is 47.2 Å². The van der Waals surface area contributed by atoms with E-state index >= 15 is 0 Å². The molecule has 0 saturated heterocycles. The molecule has 0 saturated carbocycles. The number of nitrogens with zero attached hydrogens (tertiary/aromatic N) is 3. The summed E-state index contributed by atoms with van der Waals surface area (Å²) in [6.45, 7) is 0. The standard InChI is InChI=1S/C18H12ClN3O2S/c1-24-12-6-4-5-11(9-12)10-15-17(23)22-16(20-21-18(22)25-15)13-7-2-3-8-14(13)19/h2-10H,1H3. The zero-order valence-electron chi connectivity index (χ0n) is 13.1. The van der Waals surface area contributed by atoms with Crippen molar-refractivity contribution in [1.29, 1.82) is 0 Å². The van der Waals surface area contributed by atoms with Gasteiger partial charge in [0.05, 0.1) is 16.7 Å². The smallest absolute Gasteiger partial charge is 0.276 e. The Morgan fingerprint density at radius 2 is 2.00 bits per heavy atom. The largest absolute Gasteiger partial charge is 0.497 e. The van der Waals surface area contributed by atoms with Crippen LogP contribution in [0.4, 0.5) is 0 Å². The number of halogens is 1. The van der Waals surface area contributed by atoms with Gasteiger partial charge >= 0.3 is 0 Å². The molecule has 0 aliphatic rings. The number of benzene rings is 2. The molecule has 2 aromatic heterocycles. The van der Waals surface area contributed by atoms with E-state index in [-0.39, 0.29) is 5.56 Å². The molecular weight excluding hydrogens is 358 g/mol. The van der Waals surface area contributed by atoms with E-state index in [0.717, 1.165) is 11.3 Å². The van der Waals surface area contributed by atoms with Gasteiger partial charge in [0, 0.05) is 5.56 Å². The average Bonchev–Trinajstić information content (AvgIpc) is 3.17. The van der Waals surface area contributed by atoms with Gasteiger partial charge in [-0.25, -0.2) is 4.40 Å². The number of hydrogen-bond donors (Lipinski definition) is 0. The van der Waals surface area contributed by atoms with Gasteiger partial charge < -0.3 is 4.74 Å². The number of ether oxygens (including phenoxy) is 1. The van der Waals surface area contributed by atoms with Crippen LogP contribution in [0.15, 0.2) is 53.3 Å². The lowest BCUT2D eigenvalue weighted by atomic mass is 10.2. The summed E-state index contributed by atoms with van der Waals surface area (Å²) in [5, 5.41) is 8.78. The van der Waals surface area contributed by atoms with Crippen molar-refractivity contribution in [2.24, 2.45) is 0 Å². The van der Waals surface area contributed by atoms with Gasteiger partial charge in [0.15, 0.2) is 5.82 Å². The van der Waals surface area contributed by atoms with Crippen molar-refractivity contribution in [1.82, 2.24) is 14.6 Å². The van der Waals surface area contributed by atoms with Crippen LogP contribution in [0.1, 0.15) is 5.56 Å². The zero-order chi connectivity index (χ0) is 17.4. The average molecular weight is 370 g/mol. The van der Waals surface area contributed by atoms with Crippen LogP contribution in [0.2, 0.25) is 5.02 Å². The molecule has 7 heteroatoms. The van der Waals surface area contributed by atoms with E-state index in [4.69, 9.17) is 16.3 Å². The van der Waals surface area contributed by atoms with Crippen molar-refractivity contribution in [2.45, 2.75) is 0 Å². The van der Waals surface area contributed by atoms with E-state index in [1.165, 1.54) is 15.7 Å². The summed E-state index contributed by atoms with van der Waals surface area (Å²) >= 11 is 7.53. The van der Waals surface area contributed by atoms with Crippen LogP contribution >= 0.6 is 22.9 Å². The summed E-state index contributed by atoms with van der Waals surface area (Å²) in [7, 11) is 1.61. The number of hydrogen-bond acceptors (Lipinski definition) is 5. The van der Waals surface area contributed by atoms with Gasteiger partial charge in [-0.05, 0) is 35.9 Å². The number of aromatic nitrogens is 3. The lowest BCUT2D eigenvalue weighted by Gasteiger charge is -1.99. The topological polar surface area (TPSA) is 56.5 Å². The molecule has 0 spiro atoms. The van der Waals surface area contributed by atoms with E-state index < -0.39 is 0 Å². The maximum absolute atomic E-state index is 12.8. The Kier molecular flexibility index (Phi) is 3.99. The molecule has 0 bridgehead atoms. The predicted octanol–water partition coefficient (Wildman–Crippen LogP) is 3.03. The van der Waals surface area contributed by atoms with Crippen LogP contribution in [-0.2, 0) is 0 Å². The monoisotopic (exact) mass is 369 g/mol. The molecule has 0 atom stereocenters. The third-order valence-electron chi connectivity index (χ3n) is 3.75. The molecule has 0 fully saturated rings. The highest BCUT2D eigenvalue weighted by Gasteiger charge is 2.15. The van der Waals surface area contributed by atoms with E-state index in [2.05, 4.69) is 10.2 Å². The lowest BCUT2D eigenvalue weighted by molar-refractivity contribution is 0.414. The molecule has 0 aliphatic carbocycles. The quantitative estimate of drug-likeness (QED) is 0.557. The molecule has 0 unspecified atom stereocenters. The van der Waals surface area contributed by atoms with Gasteiger partial charge in [0.1, 0.15) is 5.75 Å². The third-order valence-corrected chi connectivity index (χ3v) is 5.04. The molecule has 124 valence electrons. The Morgan fingerprint density at radius 3 is 2.80 bits per heavy atom. The van der Waals surface area contributed by atoms with Gasteiger partial charge in [-0.2, -0.15) is 0 Å². The first-order valence-electron chi connectivity index (χ1n) is 7.46. The first-order chi connectivity index (χ1) is 12.2. The van der Waals surface area contributed by atoms with Crippen LogP contribution in [-0.4, -0.2) is 21.7 Å². The van der Waals surface area contributed by atoms with Crippen LogP contribution in [0.25, 0.3) is 22.4 Å². The minimum Gasteiger partial charge on any atom is -0.497 e. The van der Waals surface area contributed by atoms with Gasteiger partial charge in [-0.15, -0.1) is 10.2 Å². The minimum atomic E-state index is -0.164. The van der Waals surface area contributed by atoms with Gasteiger partial charge in [-0.3, -0.25) is 4.79 Å². The number of rotatable bonds is 3. The van der Waals surface area contributed by atoms with Crippen molar-refractivity contribution in [3.8, 4) is 17.1 Å². The van der Waals surface area contributed by atoms with Crippen LogP contribution in [0, 0.1) is 0 Å². The van der Waals surface area contributed by atoms with E-state index in [9.17, 15) is 4.79 Å². The van der Waals surface area contributed by atoms with Crippen LogP contribution in [0.3, 0.4) is 0 Å². The summed E-state index contributed by atoms with van der Waals surface area (Å²) < 4.78 is 7.29. The maximum Gasteiger partial charge on any atom is 0.276 e. The molecule has 0 radical (unpaired) electrons. The second kappa shape index (κ2) is 6.31. The highest BCUT2D eigenvalue weighted by molar-refractivity contribution is 7.15. The molecule has 5 nitrogen and oxygen atoms in total. The number of methoxy groups -OCH3 is 1. The van der Waals surface area contributed by atoms with Crippen molar-refractivity contribution in [3.05, 3.63) is 74.0 Å². The van der Waals surface area contributed by atoms with E-state index in [1.807, 2.05) is 48.5 Å². The Balaban J connectivity index is 1.91. The molecule has 2 heterocycles. The third kappa shape index (κ3) is 2.79. The molecular formula is C18H12ClN3O2S. The van der Waals surface area contributed by atoms with Crippen molar-refractivity contribution >= 4 is 34.0 Å². The van der Waals surface area contributed by atoms with E-state index in [0.29, 0.717) is 25.9 Å². The molecule has 0 aliphatic heterocycles. The normalized spacial score (nSPS) is 12.0. The van der Waals surface area contributed by atoms with Crippen molar-refractivity contribution < 1.29 is 4.74 Å². The number of thiazole rings is 1. The first-order valence-corrected chi connectivity index (χ1v) is 8.65. The van der Waals surface area contributed by atoms with Crippen LogP contribution < -0.4 is 14.8 Å². The molecule has 4 aromatic rings. The van der Waals surface area contributed by atoms with E-state index in [1.54, 1.807) is 13.2 Å². The summed E-state index contributed by atoms with van der Waals surface area (Å²) in [4.78, 5) is 13.4. The second-order valence-electron chi connectivity index (χ2n) is 5.31. The highest BCUT2D eigenvalue weighted by atomic mass is 35.5. The SMILES string of the molecule is COc1cccc(C=c2sc3nnc(-c4ccccc4Cl)n3c2=O)c1. The Bertz CT molecular complexity index is 1180. The predicted molar refractivity (Wildman–Crippen MR) is 99.4 cm³/mol. The summed E-state index contributed by atoms with van der Waals surface area (Å²) in [6, 6.07) is 14.8. The van der Waals surface area contributed by atoms with Gasteiger partial charge in [0.2, 0.25) is 4.96 Å². The second-order valence-corrected chi connectivity index (χ2v) is 6.73. The summed E-state index contributed by atoms with van der Waals surface area (Å²) in [5.41, 5.74) is 1.40. The van der Waals surface area contributed by atoms with Crippen molar-refractivity contribution in [3.63, 3.8) is 0 Å². The van der Waals surface area contributed by atoms with Crippen LogP contribution in [0.5, 0.6) is 5.75 Å². The fourth-order valence-electron chi connectivity index (χ4n) is 2.56.